The Hall–Kier alpha value is -0.810. The van der Waals surface area contributed by atoms with Crippen molar-refractivity contribution in [1.82, 2.24) is 4.90 Å². The number of ether oxygens (including phenoxy) is 1. The molecule has 4 nitrogen and oxygen atoms in total. The van der Waals surface area contributed by atoms with E-state index in [0.717, 1.165) is 18.7 Å². The molecular formula is C15H17Cl2NO3. The maximum absolute atomic E-state index is 11.9. The number of nitrogens with zero attached hydrogens (tertiary/aromatic N) is 1. The van der Waals surface area contributed by atoms with Crippen LogP contribution in [0.15, 0.2) is 12.1 Å². The van der Waals surface area contributed by atoms with Gasteiger partial charge in [-0.3, -0.25) is 9.69 Å². The Morgan fingerprint density at radius 1 is 1.24 bits per heavy atom. The molecule has 2 fully saturated rings. The topological polar surface area (TPSA) is 49.8 Å². The van der Waals surface area contributed by atoms with Crippen LogP contribution in [-0.4, -0.2) is 41.1 Å². The Bertz CT molecular complexity index is 568. The summed E-state index contributed by atoms with van der Waals surface area (Å²) in [5.41, 5.74) is 0.204. The van der Waals surface area contributed by atoms with E-state index in [9.17, 15) is 9.90 Å². The number of phenols is 1. The summed E-state index contributed by atoms with van der Waals surface area (Å²) in [4.78, 5) is 14.1. The van der Waals surface area contributed by atoms with Crippen LogP contribution in [0.25, 0.3) is 0 Å². The number of phenolic OH excluding ortho intramolecular Hbond substituents is 1. The fourth-order valence-corrected chi connectivity index (χ4v) is 3.43. The first-order valence-electron chi connectivity index (χ1n) is 7.07. The average molecular weight is 330 g/mol. The van der Waals surface area contributed by atoms with E-state index in [4.69, 9.17) is 27.9 Å². The fraction of sp³-hybridized carbons (Fsp3) is 0.533. The molecular weight excluding hydrogens is 313 g/mol. The van der Waals surface area contributed by atoms with Gasteiger partial charge in [0.25, 0.3) is 0 Å². The summed E-state index contributed by atoms with van der Waals surface area (Å²) in [6.45, 7) is 2.68. The number of hydrogen-bond donors (Lipinski definition) is 1. The quantitative estimate of drug-likeness (QED) is 0.906. The Morgan fingerprint density at radius 2 is 1.90 bits per heavy atom. The number of carbonyl (C=O) groups is 1. The number of benzene rings is 1. The van der Waals surface area contributed by atoms with Crippen LogP contribution in [0.4, 0.5) is 0 Å². The molecule has 0 unspecified atom stereocenters. The van der Waals surface area contributed by atoms with Crippen molar-refractivity contribution in [3.05, 3.63) is 27.7 Å². The molecule has 1 N–H and O–H groups in total. The second kappa shape index (κ2) is 5.76. The zero-order chi connectivity index (χ0) is 15.0. The van der Waals surface area contributed by atoms with Crippen molar-refractivity contribution in [3.63, 3.8) is 0 Å². The van der Waals surface area contributed by atoms with Gasteiger partial charge in [0.15, 0.2) is 5.78 Å². The molecule has 1 spiro atoms. The Balaban J connectivity index is 1.66. The normalized spacial score (nSPS) is 22.1. The van der Waals surface area contributed by atoms with Gasteiger partial charge in [-0.15, -0.1) is 0 Å². The number of aromatic hydroxyl groups is 1. The first-order chi connectivity index (χ1) is 10.00. The summed E-state index contributed by atoms with van der Waals surface area (Å²) >= 11 is 11.9. The van der Waals surface area contributed by atoms with E-state index < -0.39 is 5.60 Å². The Morgan fingerprint density at radius 3 is 2.52 bits per heavy atom. The highest BCUT2D eigenvalue weighted by atomic mass is 35.5. The summed E-state index contributed by atoms with van der Waals surface area (Å²) in [7, 11) is 0. The summed E-state index contributed by atoms with van der Waals surface area (Å²) < 4.78 is 5.69. The molecule has 2 saturated heterocycles. The first-order valence-corrected chi connectivity index (χ1v) is 7.82. The molecule has 2 aliphatic heterocycles. The van der Waals surface area contributed by atoms with Crippen molar-refractivity contribution in [2.75, 3.05) is 19.7 Å². The van der Waals surface area contributed by atoms with Crippen molar-refractivity contribution in [1.29, 1.82) is 0 Å². The van der Waals surface area contributed by atoms with Crippen molar-refractivity contribution in [3.8, 4) is 5.75 Å². The SMILES string of the molecule is O=C1CCOC12CCN(Cc1cc(Cl)c(Cl)cc1O)CC2. The third-order valence-corrected chi connectivity index (χ3v) is 5.12. The maximum Gasteiger partial charge on any atom is 0.167 e. The van der Waals surface area contributed by atoms with Crippen molar-refractivity contribution in [2.45, 2.75) is 31.4 Å². The minimum Gasteiger partial charge on any atom is -0.508 e. The molecule has 2 aliphatic rings. The average Bonchev–Trinajstić information content (AvgIpc) is 2.80. The zero-order valence-corrected chi connectivity index (χ0v) is 13.1. The number of halogens is 2. The molecule has 0 aliphatic carbocycles. The molecule has 21 heavy (non-hydrogen) atoms. The van der Waals surface area contributed by atoms with Crippen LogP contribution >= 0.6 is 23.2 Å². The van der Waals surface area contributed by atoms with Gasteiger partial charge in [0.05, 0.1) is 16.7 Å². The maximum atomic E-state index is 11.9. The smallest absolute Gasteiger partial charge is 0.167 e. The van der Waals surface area contributed by atoms with Crippen LogP contribution in [0, 0.1) is 0 Å². The number of likely N-dealkylation sites (tertiary alicyclic amines) is 1. The van der Waals surface area contributed by atoms with Gasteiger partial charge < -0.3 is 9.84 Å². The summed E-state index contributed by atoms with van der Waals surface area (Å²) in [5.74, 6) is 0.386. The predicted octanol–water partition coefficient (Wildman–Crippen LogP) is 3.02. The summed E-state index contributed by atoms with van der Waals surface area (Å²) in [6, 6.07) is 3.16. The summed E-state index contributed by atoms with van der Waals surface area (Å²) in [6.07, 6.45) is 1.97. The molecule has 3 rings (SSSR count). The van der Waals surface area contributed by atoms with Crippen molar-refractivity contribution >= 4 is 29.0 Å². The van der Waals surface area contributed by atoms with Crippen molar-refractivity contribution < 1.29 is 14.6 Å². The van der Waals surface area contributed by atoms with E-state index in [-0.39, 0.29) is 11.5 Å². The molecule has 0 aromatic heterocycles. The molecule has 6 heteroatoms. The van der Waals surface area contributed by atoms with E-state index in [0.29, 0.717) is 42.5 Å². The van der Waals surface area contributed by atoms with E-state index >= 15 is 0 Å². The number of hydrogen-bond acceptors (Lipinski definition) is 4. The lowest BCUT2D eigenvalue weighted by atomic mass is 9.87. The highest BCUT2D eigenvalue weighted by Gasteiger charge is 2.45. The fourth-order valence-electron chi connectivity index (χ4n) is 3.09. The van der Waals surface area contributed by atoms with Gasteiger partial charge in [0.2, 0.25) is 0 Å². The first kappa shape index (κ1) is 15.1. The van der Waals surface area contributed by atoms with Gasteiger partial charge in [-0.25, -0.2) is 0 Å². The molecule has 1 aromatic carbocycles. The predicted molar refractivity (Wildman–Crippen MR) is 80.9 cm³/mol. The molecule has 0 amide bonds. The van der Waals surface area contributed by atoms with Gasteiger partial charge in [-0.2, -0.15) is 0 Å². The standard InChI is InChI=1S/C15H17Cl2NO3/c16-11-7-10(13(19)8-12(11)17)9-18-4-2-15(3-5-18)14(20)1-6-21-15/h7-8,19H,1-6,9H2. The lowest BCUT2D eigenvalue weighted by Crippen LogP contribution is -2.47. The zero-order valence-electron chi connectivity index (χ0n) is 11.6. The van der Waals surface area contributed by atoms with E-state index in [1.54, 1.807) is 6.07 Å². The van der Waals surface area contributed by atoms with Gasteiger partial charge in [0, 0.05) is 37.7 Å². The van der Waals surface area contributed by atoms with Crippen LogP contribution in [0.5, 0.6) is 5.75 Å². The molecule has 0 atom stereocenters. The number of rotatable bonds is 2. The van der Waals surface area contributed by atoms with Gasteiger partial charge in [0.1, 0.15) is 11.4 Å². The number of carbonyl (C=O) groups excluding carboxylic acids is 1. The van der Waals surface area contributed by atoms with E-state index in [2.05, 4.69) is 4.90 Å². The van der Waals surface area contributed by atoms with E-state index in [1.807, 2.05) is 0 Å². The van der Waals surface area contributed by atoms with E-state index in [1.165, 1.54) is 6.07 Å². The second-order valence-corrected chi connectivity index (χ2v) is 6.50. The molecule has 114 valence electrons. The lowest BCUT2D eigenvalue weighted by Gasteiger charge is -2.37. The highest BCUT2D eigenvalue weighted by molar-refractivity contribution is 6.42. The van der Waals surface area contributed by atoms with Crippen LogP contribution in [0.1, 0.15) is 24.8 Å². The van der Waals surface area contributed by atoms with Crippen LogP contribution in [0.3, 0.4) is 0 Å². The third kappa shape index (κ3) is 2.90. The molecule has 1 aromatic rings. The minimum atomic E-state index is -0.545. The van der Waals surface area contributed by atoms with Gasteiger partial charge in [-0.1, -0.05) is 23.2 Å². The lowest BCUT2D eigenvalue weighted by molar-refractivity contribution is -0.136. The van der Waals surface area contributed by atoms with Crippen LogP contribution in [-0.2, 0) is 16.1 Å². The van der Waals surface area contributed by atoms with Crippen molar-refractivity contribution in [2.24, 2.45) is 0 Å². The third-order valence-electron chi connectivity index (χ3n) is 4.39. The second-order valence-electron chi connectivity index (χ2n) is 5.69. The molecule has 2 heterocycles. The monoisotopic (exact) mass is 329 g/mol. The largest absolute Gasteiger partial charge is 0.508 e. The number of Topliss-reactive ketones (excluding diaryl/α,β-unsaturated/α-hetero) is 1. The highest BCUT2D eigenvalue weighted by Crippen LogP contribution is 2.35. The molecule has 0 bridgehead atoms. The Kier molecular flexibility index (Phi) is 4.14. The molecule has 0 saturated carbocycles. The Labute approximate surface area is 133 Å². The number of piperidine rings is 1. The van der Waals surface area contributed by atoms with Crippen LogP contribution < -0.4 is 0 Å². The van der Waals surface area contributed by atoms with Gasteiger partial charge >= 0.3 is 0 Å². The molecule has 0 radical (unpaired) electrons. The van der Waals surface area contributed by atoms with Crippen LogP contribution in [0.2, 0.25) is 10.0 Å². The number of ketones is 1. The minimum absolute atomic E-state index is 0.151. The summed E-state index contributed by atoms with van der Waals surface area (Å²) in [5, 5.41) is 10.7. The van der Waals surface area contributed by atoms with Gasteiger partial charge in [-0.05, 0) is 18.9 Å².